The molecule has 1 aliphatic heterocycles. The van der Waals surface area contributed by atoms with Crippen molar-refractivity contribution in [3.63, 3.8) is 0 Å². The van der Waals surface area contributed by atoms with Gasteiger partial charge in [-0.15, -0.1) is 24.0 Å². The van der Waals surface area contributed by atoms with Crippen LogP contribution in [0.15, 0.2) is 9.52 Å². The second kappa shape index (κ2) is 10.3. The van der Waals surface area contributed by atoms with Gasteiger partial charge in [0.2, 0.25) is 5.91 Å². The molecule has 1 aromatic rings. The minimum Gasteiger partial charge on any atom is -0.361 e. The van der Waals surface area contributed by atoms with Crippen LogP contribution in [0.25, 0.3) is 0 Å². The first kappa shape index (κ1) is 22.0. The second-order valence-electron chi connectivity index (χ2n) is 7.45. The third-order valence-electron chi connectivity index (χ3n) is 5.62. The molecule has 8 heteroatoms. The molecule has 27 heavy (non-hydrogen) atoms. The molecule has 1 saturated heterocycles. The molecule has 152 valence electrons. The highest BCUT2D eigenvalue weighted by Crippen LogP contribution is 2.27. The van der Waals surface area contributed by atoms with E-state index in [1.54, 1.807) is 7.05 Å². The largest absolute Gasteiger partial charge is 0.361 e. The Morgan fingerprint density at radius 2 is 2.04 bits per heavy atom. The molecule has 3 rings (SSSR count). The topological polar surface area (TPSA) is 82.8 Å². The van der Waals surface area contributed by atoms with E-state index in [0.717, 1.165) is 68.3 Å². The summed E-state index contributed by atoms with van der Waals surface area (Å²) in [5.74, 6) is 2.29. The molecular formula is C19H32IN5O2. The molecule has 1 aliphatic carbocycles. The molecule has 1 atom stereocenters. The average molecular weight is 489 g/mol. The maximum Gasteiger partial charge on any atom is 0.225 e. The van der Waals surface area contributed by atoms with Crippen LogP contribution in [0.5, 0.6) is 0 Å². The first-order valence-electron chi connectivity index (χ1n) is 9.76. The summed E-state index contributed by atoms with van der Waals surface area (Å²) in [7, 11) is 1.78. The van der Waals surface area contributed by atoms with Crippen molar-refractivity contribution in [1.29, 1.82) is 0 Å². The lowest BCUT2D eigenvalue weighted by atomic mass is 10.1. The van der Waals surface area contributed by atoms with Gasteiger partial charge < -0.3 is 20.1 Å². The quantitative estimate of drug-likeness (QED) is 0.377. The molecule has 1 aromatic heterocycles. The Bertz CT molecular complexity index is 635. The Kier molecular flexibility index (Phi) is 8.37. The Morgan fingerprint density at radius 3 is 2.67 bits per heavy atom. The zero-order chi connectivity index (χ0) is 18.5. The van der Waals surface area contributed by atoms with Crippen LogP contribution in [0.4, 0.5) is 0 Å². The van der Waals surface area contributed by atoms with Crippen LogP contribution in [-0.4, -0.2) is 54.6 Å². The van der Waals surface area contributed by atoms with Crippen LogP contribution in [-0.2, 0) is 11.2 Å². The molecule has 2 aliphatic rings. The molecule has 7 nitrogen and oxygen atoms in total. The fraction of sp³-hybridized carbons (Fsp3) is 0.737. The molecule has 0 radical (unpaired) electrons. The normalized spacial score (nSPS) is 20.6. The fourth-order valence-corrected chi connectivity index (χ4v) is 4.06. The summed E-state index contributed by atoms with van der Waals surface area (Å²) in [5.41, 5.74) is 2.10. The molecule has 1 amide bonds. The lowest BCUT2D eigenvalue weighted by Crippen LogP contribution is -2.45. The Morgan fingerprint density at radius 1 is 1.30 bits per heavy atom. The Hall–Kier alpha value is -1.32. The van der Waals surface area contributed by atoms with E-state index in [1.807, 2.05) is 18.7 Å². The van der Waals surface area contributed by atoms with Crippen LogP contribution in [0.1, 0.15) is 49.1 Å². The number of halogens is 1. The van der Waals surface area contributed by atoms with Crippen LogP contribution in [0, 0.1) is 19.8 Å². The Labute approximate surface area is 178 Å². The van der Waals surface area contributed by atoms with E-state index >= 15 is 0 Å². The van der Waals surface area contributed by atoms with Crippen molar-refractivity contribution in [2.45, 2.75) is 58.4 Å². The predicted molar refractivity (Wildman–Crippen MR) is 117 cm³/mol. The van der Waals surface area contributed by atoms with E-state index in [0.29, 0.717) is 5.91 Å². The molecule has 2 N–H and O–H groups in total. The molecule has 1 saturated carbocycles. The van der Waals surface area contributed by atoms with E-state index in [9.17, 15) is 4.79 Å². The van der Waals surface area contributed by atoms with Crippen molar-refractivity contribution in [2.24, 2.45) is 10.9 Å². The summed E-state index contributed by atoms with van der Waals surface area (Å²) in [4.78, 5) is 18.9. The second-order valence-corrected chi connectivity index (χ2v) is 7.45. The predicted octanol–water partition coefficient (Wildman–Crippen LogP) is 2.41. The van der Waals surface area contributed by atoms with Crippen molar-refractivity contribution in [3.8, 4) is 0 Å². The van der Waals surface area contributed by atoms with Crippen LogP contribution >= 0.6 is 24.0 Å². The van der Waals surface area contributed by atoms with Gasteiger partial charge in [0, 0.05) is 44.2 Å². The fourth-order valence-electron chi connectivity index (χ4n) is 4.06. The van der Waals surface area contributed by atoms with E-state index in [-0.39, 0.29) is 35.9 Å². The van der Waals surface area contributed by atoms with E-state index in [2.05, 4.69) is 20.8 Å². The molecule has 0 spiro atoms. The third-order valence-corrected chi connectivity index (χ3v) is 5.62. The van der Waals surface area contributed by atoms with E-state index < -0.39 is 0 Å². The number of nitrogens with one attached hydrogen (secondary N) is 2. The highest BCUT2D eigenvalue weighted by Gasteiger charge is 2.32. The molecule has 2 heterocycles. The maximum atomic E-state index is 12.6. The zero-order valence-corrected chi connectivity index (χ0v) is 18.9. The molecule has 0 aromatic carbocycles. The molecule has 1 unspecified atom stereocenters. The van der Waals surface area contributed by atoms with Gasteiger partial charge in [0.05, 0.1) is 5.69 Å². The number of likely N-dealkylation sites (tertiary alicyclic amines) is 1. The monoisotopic (exact) mass is 489 g/mol. The van der Waals surface area contributed by atoms with Gasteiger partial charge >= 0.3 is 0 Å². The summed E-state index contributed by atoms with van der Waals surface area (Å²) in [6.45, 7) is 6.30. The Balaban J connectivity index is 0.00000261. The number of amides is 1. The maximum absolute atomic E-state index is 12.6. The smallest absolute Gasteiger partial charge is 0.225 e. The summed E-state index contributed by atoms with van der Waals surface area (Å²) in [6.07, 6.45) is 6.36. The van der Waals surface area contributed by atoms with Crippen molar-refractivity contribution in [1.82, 2.24) is 20.7 Å². The molecule has 2 fully saturated rings. The number of guanidine groups is 1. The number of hydrogen-bond donors (Lipinski definition) is 2. The van der Waals surface area contributed by atoms with Crippen molar-refractivity contribution >= 4 is 35.8 Å². The third kappa shape index (κ3) is 5.58. The highest BCUT2D eigenvalue weighted by molar-refractivity contribution is 14.0. The number of aromatic nitrogens is 1. The number of carbonyl (C=O) groups excluding carboxylic acids is 1. The first-order valence-corrected chi connectivity index (χ1v) is 9.76. The number of hydrogen-bond acceptors (Lipinski definition) is 4. The lowest BCUT2D eigenvalue weighted by Gasteiger charge is -2.21. The average Bonchev–Trinajstić information content (AvgIpc) is 3.38. The summed E-state index contributed by atoms with van der Waals surface area (Å²) in [5, 5.41) is 10.8. The van der Waals surface area contributed by atoms with Gasteiger partial charge in [-0.05, 0) is 39.5 Å². The van der Waals surface area contributed by atoms with E-state index in [1.165, 1.54) is 12.8 Å². The van der Waals surface area contributed by atoms with Gasteiger partial charge in [0.25, 0.3) is 0 Å². The van der Waals surface area contributed by atoms with Crippen LogP contribution in [0.2, 0.25) is 0 Å². The SMILES string of the molecule is CN=C(NCCc1c(C)noc1C)NC1CCN(C(=O)C2CCCC2)C1.I. The summed E-state index contributed by atoms with van der Waals surface area (Å²) in [6, 6.07) is 0.269. The van der Waals surface area contributed by atoms with Gasteiger partial charge in [0.1, 0.15) is 5.76 Å². The lowest BCUT2D eigenvalue weighted by molar-refractivity contribution is -0.134. The first-order chi connectivity index (χ1) is 12.6. The van der Waals surface area contributed by atoms with Gasteiger partial charge in [-0.1, -0.05) is 18.0 Å². The van der Waals surface area contributed by atoms with Gasteiger partial charge in [0.15, 0.2) is 5.96 Å². The number of nitrogens with zero attached hydrogens (tertiary/aromatic N) is 3. The van der Waals surface area contributed by atoms with Gasteiger partial charge in [-0.3, -0.25) is 9.79 Å². The standard InChI is InChI=1S/C19H31N5O2.HI/c1-13-17(14(2)26-23-13)8-10-21-19(20-3)22-16-9-11-24(12-16)18(25)15-6-4-5-7-15;/h15-16H,4-12H2,1-3H3,(H2,20,21,22);1H. The molecule has 0 bridgehead atoms. The van der Waals surface area contributed by atoms with Gasteiger partial charge in [-0.25, -0.2) is 0 Å². The summed E-state index contributed by atoms with van der Waals surface area (Å²) < 4.78 is 5.20. The minimum atomic E-state index is 0. The van der Waals surface area contributed by atoms with Crippen molar-refractivity contribution < 1.29 is 9.32 Å². The van der Waals surface area contributed by atoms with Crippen LogP contribution in [0.3, 0.4) is 0 Å². The van der Waals surface area contributed by atoms with E-state index in [4.69, 9.17) is 4.52 Å². The van der Waals surface area contributed by atoms with Crippen LogP contribution < -0.4 is 10.6 Å². The van der Waals surface area contributed by atoms with Gasteiger partial charge in [-0.2, -0.15) is 0 Å². The zero-order valence-electron chi connectivity index (χ0n) is 16.6. The minimum absolute atomic E-state index is 0. The summed E-state index contributed by atoms with van der Waals surface area (Å²) >= 11 is 0. The number of aryl methyl sites for hydroxylation is 2. The van der Waals surface area contributed by atoms with Crippen molar-refractivity contribution in [2.75, 3.05) is 26.7 Å². The number of aliphatic imine (C=N–C) groups is 1. The molecular weight excluding hydrogens is 457 g/mol. The highest BCUT2D eigenvalue weighted by atomic mass is 127. The van der Waals surface area contributed by atoms with Crippen molar-refractivity contribution in [3.05, 3.63) is 17.0 Å². The number of carbonyl (C=O) groups is 1. The number of rotatable bonds is 5.